The maximum Gasteiger partial charge on any atom is 0.411 e. The Morgan fingerprint density at radius 2 is 1.86 bits per heavy atom. The number of piperazine rings is 1. The minimum atomic E-state index is -4.38. The van der Waals surface area contributed by atoms with Gasteiger partial charge in [0.25, 0.3) is 0 Å². The zero-order valence-electron chi connectivity index (χ0n) is 11.7. The summed E-state index contributed by atoms with van der Waals surface area (Å²) in [6.07, 6.45) is -0.595. The molecule has 1 saturated heterocycles. The van der Waals surface area contributed by atoms with Gasteiger partial charge in [-0.15, -0.1) is 0 Å². The maximum atomic E-state index is 12.2. The number of ether oxygens (including phenoxy) is 1. The molecule has 0 aromatic carbocycles. The Morgan fingerprint density at radius 3 is 2.48 bits per heavy atom. The second-order valence-electron chi connectivity index (χ2n) is 5.49. The number of nitrogens with one attached hydrogen (secondary N) is 1. The molecule has 21 heavy (non-hydrogen) atoms. The van der Waals surface area contributed by atoms with E-state index in [0.717, 1.165) is 19.3 Å². The Hall–Kier alpha value is -1.31. The molecule has 5 nitrogen and oxygen atoms in total. The zero-order chi connectivity index (χ0) is 15.5. The van der Waals surface area contributed by atoms with Gasteiger partial charge in [0.1, 0.15) is 12.1 Å². The fourth-order valence-corrected chi connectivity index (χ4v) is 3.09. The van der Waals surface area contributed by atoms with E-state index in [9.17, 15) is 22.8 Å². The van der Waals surface area contributed by atoms with Crippen molar-refractivity contribution in [1.29, 1.82) is 0 Å². The number of hydrogen-bond donors (Lipinski definition) is 1. The van der Waals surface area contributed by atoms with E-state index in [0.29, 0.717) is 12.8 Å². The molecule has 1 saturated carbocycles. The van der Waals surface area contributed by atoms with Crippen LogP contribution in [0.25, 0.3) is 0 Å². The lowest BCUT2D eigenvalue weighted by Gasteiger charge is -2.47. The predicted molar refractivity (Wildman–Crippen MR) is 67.4 cm³/mol. The predicted octanol–water partition coefficient (Wildman–Crippen LogP) is 1.23. The van der Waals surface area contributed by atoms with Crippen molar-refractivity contribution in [2.75, 3.05) is 26.3 Å². The fraction of sp³-hybridized carbons (Fsp3) is 0.846. The van der Waals surface area contributed by atoms with Crippen LogP contribution in [0.5, 0.6) is 0 Å². The van der Waals surface area contributed by atoms with Crippen molar-refractivity contribution >= 4 is 11.8 Å². The van der Waals surface area contributed by atoms with Gasteiger partial charge in [-0.3, -0.25) is 9.59 Å². The number of nitrogens with zero attached hydrogens (tertiary/aromatic N) is 1. The molecule has 1 N–H and O–H groups in total. The lowest BCUT2D eigenvalue weighted by Crippen LogP contribution is -2.68. The Kier molecular flexibility index (Phi) is 4.75. The average molecular weight is 308 g/mol. The molecule has 2 rings (SSSR count). The second-order valence-corrected chi connectivity index (χ2v) is 5.49. The van der Waals surface area contributed by atoms with Gasteiger partial charge in [-0.1, -0.05) is 19.3 Å². The molecule has 0 radical (unpaired) electrons. The van der Waals surface area contributed by atoms with Crippen LogP contribution in [-0.4, -0.2) is 54.7 Å². The van der Waals surface area contributed by atoms with Gasteiger partial charge >= 0.3 is 6.18 Å². The molecule has 0 bridgehead atoms. The molecule has 8 heteroatoms. The van der Waals surface area contributed by atoms with Crippen LogP contribution in [-0.2, 0) is 14.3 Å². The first kappa shape index (κ1) is 16.1. The molecule has 1 aliphatic heterocycles. The van der Waals surface area contributed by atoms with E-state index in [1.165, 1.54) is 4.90 Å². The fourth-order valence-electron chi connectivity index (χ4n) is 3.09. The normalized spacial score (nSPS) is 22.5. The Morgan fingerprint density at radius 1 is 1.19 bits per heavy atom. The summed E-state index contributed by atoms with van der Waals surface area (Å²) in [6.45, 7) is -1.64. The second kappa shape index (κ2) is 6.21. The summed E-state index contributed by atoms with van der Waals surface area (Å²) >= 11 is 0. The highest BCUT2D eigenvalue weighted by atomic mass is 19.4. The van der Waals surface area contributed by atoms with Gasteiger partial charge < -0.3 is 15.0 Å². The van der Waals surface area contributed by atoms with Crippen molar-refractivity contribution in [3.8, 4) is 0 Å². The standard InChI is InChI=1S/C13H19F3N2O3/c14-13(15,16)9-21-7-6-18-10(19)8-17-11(20)12(18)4-2-1-3-5-12/h1-9H2,(H,17,20). The lowest BCUT2D eigenvalue weighted by atomic mass is 9.78. The largest absolute Gasteiger partial charge is 0.411 e. The van der Waals surface area contributed by atoms with Crippen molar-refractivity contribution in [2.24, 2.45) is 0 Å². The smallest absolute Gasteiger partial charge is 0.370 e. The number of alkyl halides is 3. The maximum absolute atomic E-state index is 12.2. The molecule has 0 aromatic heterocycles. The molecule has 2 amide bonds. The van der Waals surface area contributed by atoms with Gasteiger partial charge in [0.2, 0.25) is 11.8 Å². The zero-order valence-corrected chi connectivity index (χ0v) is 11.7. The van der Waals surface area contributed by atoms with Gasteiger partial charge in [0, 0.05) is 6.54 Å². The van der Waals surface area contributed by atoms with Crippen LogP contribution in [0.1, 0.15) is 32.1 Å². The number of carbonyl (C=O) groups excluding carboxylic acids is 2. The van der Waals surface area contributed by atoms with E-state index in [1.54, 1.807) is 0 Å². The summed E-state index contributed by atoms with van der Waals surface area (Å²) in [5, 5.41) is 2.59. The first-order chi connectivity index (χ1) is 9.85. The van der Waals surface area contributed by atoms with E-state index < -0.39 is 18.3 Å². The van der Waals surface area contributed by atoms with Crippen LogP contribution in [0.4, 0.5) is 13.2 Å². The number of carbonyl (C=O) groups is 2. The summed E-state index contributed by atoms with van der Waals surface area (Å²) in [4.78, 5) is 25.6. The van der Waals surface area contributed by atoms with Gasteiger partial charge in [0.15, 0.2) is 0 Å². The van der Waals surface area contributed by atoms with E-state index in [1.807, 2.05) is 0 Å². The van der Waals surface area contributed by atoms with Crippen molar-refractivity contribution in [2.45, 2.75) is 43.8 Å². The van der Waals surface area contributed by atoms with Crippen LogP contribution >= 0.6 is 0 Å². The van der Waals surface area contributed by atoms with Gasteiger partial charge in [-0.05, 0) is 12.8 Å². The molecular formula is C13H19F3N2O3. The first-order valence-corrected chi connectivity index (χ1v) is 7.08. The number of amides is 2. The lowest BCUT2D eigenvalue weighted by molar-refractivity contribution is -0.177. The third kappa shape index (κ3) is 3.66. The molecule has 1 heterocycles. The van der Waals surface area contributed by atoms with Gasteiger partial charge in [-0.25, -0.2) is 0 Å². The molecule has 2 fully saturated rings. The van der Waals surface area contributed by atoms with Crippen molar-refractivity contribution in [3.63, 3.8) is 0 Å². The van der Waals surface area contributed by atoms with Gasteiger partial charge in [0.05, 0.1) is 13.2 Å². The topological polar surface area (TPSA) is 58.6 Å². The van der Waals surface area contributed by atoms with E-state index in [2.05, 4.69) is 10.1 Å². The van der Waals surface area contributed by atoms with Crippen LogP contribution in [0, 0.1) is 0 Å². The number of halogens is 3. The highest BCUT2D eigenvalue weighted by molar-refractivity contribution is 5.98. The summed E-state index contributed by atoms with van der Waals surface area (Å²) in [5.74, 6) is -0.454. The molecule has 120 valence electrons. The molecule has 0 unspecified atom stereocenters. The monoisotopic (exact) mass is 308 g/mol. The molecule has 1 aliphatic carbocycles. The minimum Gasteiger partial charge on any atom is -0.370 e. The summed E-state index contributed by atoms with van der Waals surface area (Å²) in [7, 11) is 0. The Bertz CT molecular complexity index is 406. The summed E-state index contributed by atoms with van der Waals surface area (Å²) in [5.41, 5.74) is -0.894. The van der Waals surface area contributed by atoms with E-state index >= 15 is 0 Å². The van der Waals surface area contributed by atoms with Crippen molar-refractivity contribution in [3.05, 3.63) is 0 Å². The van der Waals surface area contributed by atoms with Crippen LogP contribution in [0.3, 0.4) is 0 Å². The highest BCUT2D eigenvalue weighted by Gasteiger charge is 2.49. The minimum absolute atomic E-state index is 0.0162. The summed E-state index contributed by atoms with van der Waals surface area (Å²) in [6, 6.07) is 0. The van der Waals surface area contributed by atoms with Crippen molar-refractivity contribution < 1.29 is 27.5 Å². The average Bonchev–Trinajstić information content (AvgIpc) is 2.42. The quantitative estimate of drug-likeness (QED) is 0.795. The van der Waals surface area contributed by atoms with Crippen LogP contribution < -0.4 is 5.32 Å². The molecule has 0 aromatic rings. The molecular weight excluding hydrogens is 289 g/mol. The third-order valence-corrected chi connectivity index (χ3v) is 4.05. The molecule has 2 aliphatic rings. The highest BCUT2D eigenvalue weighted by Crippen LogP contribution is 2.35. The first-order valence-electron chi connectivity index (χ1n) is 7.08. The van der Waals surface area contributed by atoms with Crippen molar-refractivity contribution in [1.82, 2.24) is 10.2 Å². The number of hydrogen-bond acceptors (Lipinski definition) is 3. The Labute approximate surface area is 120 Å². The molecule has 1 spiro atoms. The number of rotatable bonds is 4. The van der Waals surface area contributed by atoms with Crippen LogP contribution in [0.2, 0.25) is 0 Å². The molecule has 0 atom stereocenters. The van der Waals surface area contributed by atoms with Gasteiger partial charge in [-0.2, -0.15) is 13.2 Å². The summed E-state index contributed by atoms with van der Waals surface area (Å²) < 4.78 is 40.7. The third-order valence-electron chi connectivity index (χ3n) is 4.05. The SMILES string of the molecule is O=C1CNC(=O)C2(CCCCC2)N1CCOCC(F)(F)F. The van der Waals surface area contributed by atoms with E-state index in [-0.39, 0.29) is 31.5 Å². The van der Waals surface area contributed by atoms with E-state index in [4.69, 9.17) is 0 Å². The Balaban J connectivity index is 1.99. The van der Waals surface area contributed by atoms with Crippen LogP contribution in [0.15, 0.2) is 0 Å².